The van der Waals surface area contributed by atoms with Crippen LogP contribution >= 0.6 is 11.8 Å². The highest BCUT2D eigenvalue weighted by Gasteiger charge is 1.99. The Hall–Kier alpha value is -1.39. The first kappa shape index (κ1) is 11.1. The summed E-state index contributed by atoms with van der Waals surface area (Å²) < 4.78 is 0. The molecule has 3 nitrogen and oxygen atoms in total. The third-order valence-electron chi connectivity index (χ3n) is 2.11. The summed E-state index contributed by atoms with van der Waals surface area (Å²) in [6.45, 7) is 0.689. The first-order chi connectivity index (χ1) is 7.88. The molecule has 2 aromatic rings. The number of nitrogens with two attached hydrogens (primary N) is 1. The van der Waals surface area contributed by atoms with Gasteiger partial charge in [0.25, 0.3) is 0 Å². The van der Waals surface area contributed by atoms with Gasteiger partial charge < -0.3 is 5.73 Å². The Bertz CT molecular complexity index is 428. The molecule has 0 aliphatic heterocycles. The summed E-state index contributed by atoms with van der Waals surface area (Å²) in [5, 5.41) is 0.772. The van der Waals surface area contributed by atoms with Gasteiger partial charge >= 0.3 is 0 Å². The summed E-state index contributed by atoms with van der Waals surface area (Å²) in [6, 6.07) is 10.2. The molecule has 1 aromatic carbocycles. The molecule has 0 fully saturated rings. The lowest BCUT2D eigenvalue weighted by molar-refractivity contribution is 0.961. The van der Waals surface area contributed by atoms with Crippen molar-refractivity contribution in [2.24, 2.45) is 5.73 Å². The summed E-state index contributed by atoms with van der Waals surface area (Å²) in [5.41, 5.74) is 6.76. The number of nitrogens with zero attached hydrogens (tertiary/aromatic N) is 2. The quantitative estimate of drug-likeness (QED) is 0.819. The van der Waals surface area contributed by atoms with Gasteiger partial charge in [-0.05, 0) is 48.5 Å². The molecule has 16 heavy (non-hydrogen) atoms. The normalized spacial score (nSPS) is 10.3. The van der Waals surface area contributed by atoms with Crippen molar-refractivity contribution < 1.29 is 0 Å². The van der Waals surface area contributed by atoms with Gasteiger partial charge in [0.2, 0.25) is 0 Å². The highest BCUT2D eigenvalue weighted by molar-refractivity contribution is 7.99. The van der Waals surface area contributed by atoms with Gasteiger partial charge in [-0.2, -0.15) is 0 Å². The highest BCUT2D eigenvalue weighted by atomic mass is 32.2. The molecule has 0 saturated carbocycles. The van der Waals surface area contributed by atoms with E-state index in [9.17, 15) is 0 Å². The zero-order valence-corrected chi connectivity index (χ0v) is 9.65. The maximum Gasteiger partial charge on any atom is 0.192 e. The van der Waals surface area contributed by atoms with Crippen LogP contribution in [0.3, 0.4) is 0 Å². The molecule has 2 rings (SSSR count). The van der Waals surface area contributed by atoms with Crippen LogP contribution in [0.4, 0.5) is 0 Å². The second-order valence-corrected chi connectivity index (χ2v) is 4.36. The predicted octanol–water partition coefficient (Wildman–Crippen LogP) is 2.13. The van der Waals surface area contributed by atoms with E-state index in [1.165, 1.54) is 5.56 Å². The van der Waals surface area contributed by atoms with Gasteiger partial charge in [-0.3, -0.25) is 0 Å². The fourth-order valence-corrected chi connectivity index (χ4v) is 2.04. The van der Waals surface area contributed by atoms with Gasteiger partial charge in [0.15, 0.2) is 5.16 Å². The fraction of sp³-hybridized carbons (Fsp3) is 0.167. The third-order valence-corrected chi connectivity index (χ3v) is 3.01. The molecule has 0 bridgehead atoms. The van der Waals surface area contributed by atoms with Crippen molar-refractivity contribution in [3.05, 3.63) is 48.3 Å². The van der Waals surface area contributed by atoms with Crippen LogP contribution in [0.5, 0.6) is 0 Å². The first-order valence-corrected chi connectivity index (χ1v) is 5.94. The molecule has 82 valence electrons. The fourth-order valence-electron chi connectivity index (χ4n) is 1.33. The Kier molecular flexibility index (Phi) is 3.91. The molecular formula is C12H13N3S. The highest BCUT2D eigenvalue weighted by Crippen LogP contribution is 2.23. The molecule has 0 amide bonds. The number of aromatic nitrogens is 2. The van der Waals surface area contributed by atoms with Crippen LogP contribution < -0.4 is 5.73 Å². The van der Waals surface area contributed by atoms with Crippen LogP contribution in [0, 0.1) is 0 Å². The van der Waals surface area contributed by atoms with Crippen molar-refractivity contribution >= 4 is 11.8 Å². The minimum Gasteiger partial charge on any atom is -0.330 e. The number of hydrogen-bond acceptors (Lipinski definition) is 4. The SMILES string of the molecule is NCCc1ccc(Sc2ncccn2)cc1. The maximum atomic E-state index is 5.50. The summed E-state index contributed by atoms with van der Waals surface area (Å²) in [7, 11) is 0. The Labute approximate surface area is 99.1 Å². The van der Waals surface area contributed by atoms with E-state index >= 15 is 0 Å². The smallest absolute Gasteiger partial charge is 0.192 e. The van der Waals surface area contributed by atoms with Crippen LogP contribution in [-0.2, 0) is 6.42 Å². The molecule has 0 atom stereocenters. The Morgan fingerprint density at radius 3 is 2.38 bits per heavy atom. The molecule has 0 aliphatic rings. The van der Waals surface area contributed by atoms with Crippen LogP contribution in [-0.4, -0.2) is 16.5 Å². The molecule has 2 N–H and O–H groups in total. The largest absolute Gasteiger partial charge is 0.330 e. The molecule has 4 heteroatoms. The average molecular weight is 231 g/mol. The Morgan fingerprint density at radius 2 is 1.75 bits per heavy atom. The minimum absolute atomic E-state index is 0.689. The van der Waals surface area contributed by atoms with Crippen LogP contribution in [0.25, 0.3) is 0 Å². The summed E-state index contributed by atoms with van der Waals surface area (Å²) >= 11 is 1.56. The maximum absolute atomic E-state index is 5.50. The van der Waals surface area contributed by atoms with Gasteiger partial charge in [0.1, 0.15) is 0 Å². The van der Waals surface area contributed by atoms with E-state index in [0.717, 1.165) is 16.5 Å². The number of benzene rings is 1. The van der Waals surface area contributed by atoms with Crippen molar-refractivity contribution in [2.45, 2.75) is 16.5 Å². The lowest BCUT2D eigenvalue weighted by atomic mass is 10.2. The van der Waals surface area contributed by atoms with E-state index in [-0.39, 0.29) is 0 Å². The van der Waals surface area contributed by atoms with Gasteiger partial charge in [-0.25, -0.2) is 9.97 Å². The second kappa shape index (κ2) is 5.63. The number of rotatable bonds is 4. The molecule has 1 heterocycles. The first-order valence-electron chi connectivity index (χ1n) is 5.12. The molecule has 0 unspecified atom stereocenters. The zero-order valence-electron chi connectivity index (χ0n) is 8.84. The van der Waals surface area contributed by atoms with Crippen molar-refractivity contribution in [1.82, 2.24) is 9.97 Å². The van der Waals surface area contributed by atoms with Crippen molar-refractivity contribution in [1.29, 1.82) is 0 Å². The molecule has 0 saturated heterocycles. The topological polar surface area (TPSA) is 51.8 Å². The van der Waals surface area contributed by atoms with Crippen LogP contribution in [0.2, 0.25) is 0 Å². The zero-order chi connectivity index (χ0) is 11.2. The van der Waals surface area contributed by atoms with E-state index in [0.29, 0.717) is 6.54 Å². The monoisotopic (exact) mass is 231 g/mol. The lowest BCUT2D eigenvalue weighted by Crippen LogP contribution is -2.02. The van der Waals surface area contributed by atoms with Crippen molar-refractivity contribution in [3.8, 4) is 0 Å². The van der Waals surface area contributed by atoms with E-state index in [4.69, 9.17) is 5.73 Å². The average Bonchev–Trinajstić information content (AvgIpc) is 2.33. The van der Waals surface area contributed by atoms with E-state index in [2.05, 4.69) is 34.2 Å². The summed E-state index contributed by atoms with van der Waals surface area (Å²) in [4.78, 5) is 9.47. The van der Waals surface area contributed by atoms with Crippen molar-refractivity contribution in [3.63, 3.8) is 0 Å². The molecule has 0 aliphatic carbocycles. The summed E-state index contributed by atoms with van der Waals surface area (Å²) in [6.07, 6.45) is 4.42. The van der Waals surface area contributed by atoms with Gasteiger partial charge in [0.05, 0.1) is 0 Å². The van der Waals surface area contributed by atoms with E-state index < -0.39 is 0 Å². The molecular weight excluding hydrogens is 218 g/mol. The second-order valence-electron chi connectivity index (χ2n) is 3.32. The minimum atomic E-state index is 0.689. The van der Waals surface area contributed by atoms with Crippen LogP contribution in [0.15, 0.2) is 52.8 Å². The predicted molar refractivity (Wildman–Crippen MR) is 65.4 cm³/mol. The van der Waals surface area contributed by atoms with E-state index in [1.54, 1.807) is 24.2 Å². The lowest BCUT2D eigenvalue weighted by Gasteiger charge is -2.01. The van der Waals surface area contributed by atoms with Gasteiger partial charge in [0, 0.05) is 17.3 Å². The molecule has 0 radical (unpaired) electrons. The Morgan fingerprint density at radius 1 is 1.06 bits per heavy atom. The molecule has 1 aromatic heterocycles. The van der Waals surface area contributed by atoms with Crippen molar-refractivity contribution in [2.75, 3.05) is 6.54 Å². The van der Waals surface area contributed by atoms with E-state index in [1.807, 2.05) is 6.07 Å². The summed E-state index contributed by atoms with van der Waals surface area (Å²) in [5.74, 6) is 0. The van der Waals surface area contributed by atoms with Gasteiger partial charge in [-0.1, -0.05) is 12.1 Å². The Balaban J connectivity index is 2.05. The standard InChI is InChI=1S/C12H13N3S/c13-7-6-10-2-4-11(5-3-10)16-12-14-8-1-9-15-12/h1-5,8-9H,6-7,13H2. The van der Waals surface area contributed by atoms with Crippen LogP contribution in [0.1, 0.15) is 5.56 Å². The third kappa shape index (κ3) is 3.05. The van der Waals surface area contributed by atoms with Gasteiger partial charge in [-0.15, -0.1) is 0 Å². The number of hydrogen-bond donors (Lipinski definition) is 1. The molecule has 0 spiro atoms.